The molecule has 6 rings (SSSR count). The molecular formula is C32H29N3O5. The van der Waals surface area contributed by atoms with E-state index in [1.54, 1.807) is 0 Å². The van der Waals surface area contributed by atoms with Crippen LogP contribution in [0.3, 0.4) is 0 Å². The lowest BCUT2D eigenvalue weighted by Gasteiger charge is -2.25. The molecule has 8 nitrogen and oxygen atoms in total. The minimum Gasteiger partial charge on any atom is -0.455 e. The van der Waals surface area contributed by atoms with Crippen LogP contribution in [-0.2, 0) is 23.9 Å². The van der Waals surface area contributed by atoms with Gasteiger partial charge in [0.25, 0.3) is 5.91 Å². The summed E-state index contributed by atoms with van der Waals surface area (Å²) in [6.07, 6.45) is 6.76. The Morgan fingerprint density at radius 3 is 2.25 bits per heavy atom. The quantitative estimate of drug-likeness (QED) is 0.277. The number of hydrogen-bond acceptors (Lipinski definition) is 6. The van der Waals surface area contributed by atoms with Crippen LogP contribution in [0.4, 0.5) is 0 Å². The topological polar surface area (TPSA) is 96.0 Å². The van der Waals surface area contributed by atoms with Crippen LogP contribution in [0.15, 0.2) is 91.0 Å². The van der Waals surface area contributed by atoms with Crippen molar-refractivity contribution in [3.8, 4) is 0 Å². The Kier molecular flexibility index (Phi) is 6.90. The van der Waals surface area contributed by atoms with E-state index in [0.717, 1.165) is 27.6 Å². The largest absolute Gasteiger partial charge is 0.455 e. The average molecular weight is 536 g/mol. The number of carbonyl (C=O) groups excluding carboxylic acids is 4. The minimum absolute atomic E-state index is 0.0417. The molecule has 1 saturated heterocycles. The van der Waals surface area contributed by atoms with Crippen LogP contribution in [0.25, 0.3) is 16.5 Å². The van der Waals surface area contributed by atoms with E-state index in [4.69, 9.17) is 4.74 Å². The number of fused-ring (bicyclic) bond motifs is 2. The number of amides is 3. The molecule has 3 aromatic rings. The molecule has 3 amide bonds. The fourth-order valence-electron chi connectivity index (χ4n) is 5.68. The lowest BCUT2D eigenvalue weighted by molar-refractivity contribution is -0.154. The highest BCUT2D eigenvalue weighted by atomic mass is 16.5. The van der Waals surface area contributed by atoms with E-state index < -0.39 is 24.5 Å². The first-order valence-corrected chi connectivity index (χ1v) is 13.5. The predicted molar refractivity (Wildman–Crippen MR) is 149 cm³/mol. The molecule has 3 atom stereocenters. The summed E-state index contributed by atoms with van der Waals surface area (Å²) in [4.78, 5) is 52.2. The third-order valence-corrected chi connectivity index (χ3v) is 7.81. The highest BCUT2D eigenvalue weighted by Crippen LogP contribution is 2.35. The second-order valence-corrected chi connectivity index (χ2v) is 10.3. The number of carbonyl (C=O) groups is 4. The molecule has 2 aliphatic heterocycles. The second-order valence-electron chi connectivity index (χ2n) is 10.3. The molecule has 1 aliphatic carbocycles. The van der Waals surface area contributed by atoms with E-state index in [-0.39, 0.29) is 36.6 Å². The molecule has 1 fully saturated rings. The third kappa shape index (κ3) is 4.88. The summed E-state index contributed by atoms with van der Waals surface area (Å²) < 4.78 is 5.29. The van der Waals surface area contributed by atoms with Gasteiger partial charge in [-0.25, -0.2) is 5.01 Å². The van der Waals surface area contributed by atoms with E-state index >= 15 is 0 Å². The van der Waals surface area contributed by atoms with Gasteiger partial charge in [0.05, 0.1) is 30.0 Å². The molecule has 3 aromatic carbocycles. The van der Waals surface area contributed by atoms with Crippen molar-refractivity contribution in [3.63, 3.8) is 0 Å². The summed E-state index contributed by atoms with van der Waals surface area (Å²) in [5.74, 6) is -2.20. The smallest absolute Gasteiger partial charge is 0.308 e. The standard InChI is InChI=1S/C32H29N3O5/c36-29(20-40-30(37)16-17-34-31(38)25-12-6-7-13-26(25)32(34)39)35-28(22-9-2-1-3-10-22)19-27(33-35)24-15-14-21-8-4-5-11-23(21)18-24/h1-11,14-15,18-19,25-26,28,33H,12-13,16-17,20H2/t25-,26+,28-/m0/s1. The molecule has 2 heterocycles. The van der Waals surface area contributed by atoms with Gasteiger partial charge in [0.15, 0.2) is 6.61 Å². The fourth-order valence-corrected chi connectivity index (χ4v) is 5.68. The summed E-state index contributed by atoms with van der Waals surface area (Å²) in [5, 5.41) is 3.68. The molecule has 202 valence electrons. The van der Waals surface area contributed by atoms with Gasteiger partial charge in [0.2, 0.25) is 11.8 Å². The minimum atomic E-state index is -0.639. The van der Waals surface area contributed by atoms with E-state index in [2.05, 4.69) is 11.5 Å². The van der Waals surface area contributed by atoms with Crippen molar-refractivity contribution >= 4 is 40.2 Å². The Bertz CT molecular complexity index is 1520. The van der Waals surface area contributed by atoms with Crippen LogP contribution in [0.5, 0.6) is 0 Å². The SMILES string of the molecule is O=C(CCN1C(=O)[C@H]2CC=CC[C@H]2C1=O)OCC(=O)N1NC(c2ccc3ccccc3c2)=C[C@H]1c1ccccc1. The normalized spacial score (nSPS) is 21.8. The molecule has 0 bridgehead atoms. The summed E-state index contributed by atoms with van der Waals surface area (Å²) in [6.45, 7) is -0.509. The van der Waals surface area contributed by atoms with Crippen LogP contribution in [0.1, 0.15) is 36.4 Å². The Hall–Kier alpha value is -4.72. The van der Waals surface area contributed by atoms with E-state index in [9.17, 15) is 19.2 Å². The Morgan fingerprint density at radius 2 is 1.52 bits per heavy atom. The third-order valence-electron chi connectivity index (χ3n) is 7.81. The van der Waals surface area contributed by atoms with Crippen molar-refractivity contribution in [2.75, 3.05) is 13.2 Å². The fraction of sp³-hybridized carbons (Fsp3) is 0.250. The number of likely N-dealkylation sites (tertiary alicyclic amines) is 1. The van der Waals surface area contributed by atoms with Crippen molar-refractivity contribution < 1.29 is 23.9 Å². The first kappa shape index (κ1) is 25.6. The van der Waals surface area contributed by atoms with Gasteiger partial charge in [-0.05, 0) is 46.9 Å². The van der Waals surface area contributed by atoms with Crippen LogP contribution in [-0.4, -0.2) is 46.8 Å². The number of nitrogens with zero attached hydrogens (tertiary/aromatic N) is 2. The van der Waals surface area contributed by atoms with Gasteiger partial charge < -0.3 is 4.74 Å². The molecule has 0 radical (unpaired) electrons. The van der Waals surface area contributed by atoms with Crippen LogP contribution in [0, 0.1) is 11.8 Å². The molecule has 0 spiro atoms. The van der Waals surface area contributed by atoms with Crippen molar-refractivity contribution in [3.05, 3.63) is 102 Å². The molecule has 3 aliphatic rings. The number of hydrazine groups is 1. The van der Waals surface area contributed by atoms with Crippen molar-refractivity contribution in [1.82, 2.24) is 15.3 Å². The van der Waals surface area contributed by atoms with E-state index in [0.29, 0.717) is 12.8 Å². The summed E-state index contributed by atoms with van der Waals surface area (Å²) in [7, 11) is 0. The predicted octanol–water partition coefficient (Wildman–Crippen LogP) is 4.15. The lowest BCUT2D eigenvalue weighted by Crippen LogP contribution is -2.42. The van der Waals surface area contributed by atoms with Crippen LogP contribution < -0.4 is 5.43 Å². The number of esters is 1. The number of nitrogens with one attached hydrogen (secondary N) is 1. The highest BCUT2D eigenvalue weighted by molar-refractivity contribution is 6.05. The molecule has 0 saturated carbocycles. The van der Waals surface area contributed by atoms with E-state index in [1.165, 1.54) is 9.91 Å². The summed E-state index contributed by atoms with van der Waals surface area (Å²) in [6, 6.07) is 23.4. The first-order chi connectivity index (χ1) is 19.5. The Balaban J connectivity index is 1.10. The van der Waals surface area contributed by atoms with E-state index in [1.807, 2.05) is 85.0 Å². The molecule has 1 N–H and O–H groups in total. The van der Waals surface area contributed by atoms with Crippen molar-refractivity contribution in [2.45, 2.75) is 25.3 Å². The maximum absolute atomic E-state index is 13.3. The number of hydrogen-bond donors (Lipinski definition) is 1. The molecule has 0 unspecified atom stereocenters. The van der Waals surface area contributed by atoms with Crippen LogP contribution >= 0.6 is 0 Å². The number of ether oxygens (including phenoxy) is 1. The van der Waals surface area contributed by atoms with Gasteiger partial charge in [-0.2, -0.15) is 0 Å². The van der Waals surface area contributed by atoms with Gasteiger partial charge in [0.1, 0.15) is 0 Å². The van der Waals surface area contributed by atoms with Gasteiger partial charge in [-0.15, -0.1) is 0 Å². The number of rotatable bonds is 7. The van der Waals surface area contributed by atoms with Gasteiger partial charge in [-0.1, -0.05) is 78.9 Å². The number of imide groups is 1. The Morgan fingerprint density at radius 1 is 0.850 bits per heavy atom. The second kappa shape index (κ2) is 10.8. The van der Waals surface area contributed by atoms with Crippen molar-refractivity contribution in [2.24, 2.45) is 11.8 Å². The maximum atomic E-state index is 13.3. The maximum Gasteiger partial charge on any atom is 0.308 e. The summed E-state index contributed by atoms with van der Waals surface area (Å²) in [5.41, 5.74) is 5.83. The lowest BCUT2D eigenvalue weighted by atomic mass is 9.85. The zero-order valence-corrected chi connectivity index (χ0v) is 21.9. The molecular weight excluding hydrogens is 506 g/mol. The van der Waals surface area contributed by atoms with Gasteiger partial charge >= 0.3 is 5.97 Å². The first-order valence-electron chi connectivity index (χ1n) is 13.5. The number of benzene rings is 3. The average Bonchev–Trinajstić information content (AvgIpc) is 3.55. The highest BCUT2D eigenvalue weighted by Gasteiger charge is 2.47. The summed E-state index contributed by atoms with van der Waals surface area (Å²) >= 11 is 0. The van der Waals surface area contributed by atoms with Crippen molar-refractivity contribution in [1.29, 1.82) is 0 Å². The van der Waals surface area contributed by atoms with Gasteiger partial charge in [0, 0.05) is 6.54 Å². The Labute approximate surface area is 231 Å². The molecule has 0 aromatic heterocycles. The van der Waals surface area contributed by atoms with Crippen LogP contribution in [0.2, 0.25) is 0 Å². The number of allylic oxidation sites excluding steroid dienone is 2. The zero-order chi connectivity index (χ0) is 27.6. The van der Waals surface area contributed by atoms with Gasteiger partial charge in [-0.3, -0.25) is 29.5 Å². The molecule has 40 heavy (non-hydrogen) atoms. The zero-order valence-electron chi connectivity index (χ0n) is 21.9. The monoisotopic (exact) mass is 535 g/mol. The molecule has 8 heteroatoms.